The van der Waals surface area contributed by atoms with Crippen molar-refractivity contribution in [3.63, 3.8) is 0 Å². The second-order valence-electron chi connectivity index (χ2n) is 7.44. The molecule has 0 bridgehead atoms. The summed E-state index contributed by atoms with van der Waals surface area (Å²) in [5, 5.41) is 5.60. The van der Waals surface area contributed by atoms with Crippen molar-refractivity contribution >= 4 is 44.9 Å². The minimum atomic E-state index is -0.107. The zero-order valence-corrected chi connectivity index (χ0v) is 20.0. The van der Waals surface area contributed by atoms with E-state index in [0.29, 0.717) is 21.9 Å². The average Bonchev–Trinajstić information content (AvgIpc) is 3.24. The van der Waals surface area contributed by atoms with Crippen molar-refractivity contribution in [3.8, 4) is 11.1 Å². The molecule has 0 aliphatic rings. The van der Waals surface area contributed by atoms with E-state index < -0.39 is 0 Å². The van der Waals surface area contributed by atoms with Gasteiger partial charge in [0.25, 0.3) is 5.56 Å². The Morgan fingerprint density at radius 1 is 1.12 bits per heavy atom. The van der Waals surface area contributed by atoms with E-state index in [1.165, 1.54) is 23.1 Å². The number of rotatable bonds is 7. The van der Waals surface area contributed by atoms with Gasteiger partial charge in [-0.1, -0.05) is 67.2 Å². The molecule has 0 saturated heterocycles. The first-order chi connectivity index (χ1) is 15.5. The number of amides is 1. The Labute approximate surface area is 195 Å². The van der Waals surface area contributed by atoms with Gasteiger partial charge in [-0.3, -0.25) is 14.2 Å². The third-order valence-corrected chi connectivity index (χ3v) is 7.31. The van der Waals surface area contributed by atoms with E-state index in [4.69, 9.17) is 4.98 Å². The minimum Gasteiger partial charge on any atom is -0.325 e. The maximum atomic E-state index is 13.1. The number of nitrogens with one attached hydrogen (secondary N) is 1. The summed E-state index contributed by atoms with van der Waals surface area (Å²) < 4.78 is 2.29. The molecule has 0 aliphatic carbocycles. The van der Waals surface area contributed by atoms with Crippen LogP contribution < -0.4 is 10.9 Å². The van der Waals surface area contributed by atoms with Gasteiger partial charge in [-0.2, -0.15) is 0 Å². The molecular weight excluding hydrogens is 438 g/mol. The first-order valence-corrected chi connectivity index (χ1v) is 12.5. The molecule has 0 aliphatic heterocycles. The summed E-state index contributed by atoms with van der Waals surface area (Å²) in [6.45, 7) is 6.49. The summed E-state index contributed by atoms with van der Waals surface area (Å²) in [6, 6.07) is 16.0. The molecule has 0 atom stereocenters. The summed E-state index contributed by atoms with van der Waals surface area (Å²) in [6.07, 6.45) is 0.846. The Kier molecular flexibility index (Phi) is 6.77. The van der Waals surface area contributed by atoms with Gasteiger partial charge >= 0.3 is 0 Å². The van der Waals surface area contributed by atoms with Gasteiger partial charge in [0, 0.05) is 23.2 Å². The second kappa shape index (κ2) is 9.71. The van der Waals surface area contributed by atoms with Gasteiger partial charge in [0.1, 0.15) is 4.70 Å². The quantitative estimate of drug-likeness (QED) is 0.280. The van der Waals surface area contributed by atoms with Crippen LogP contribution in [0.5, 0.6) is 0 Å². The van der Waals surface area contributed by atoms with Gasteiger partial charge in [0.15, 0.2) is 5.16 Å². The Morgan fingerprint density at radius 3 is 2.62 bits per heavy atom. The highest BCUT2D eigenvalue weighted by Gasteiger charge is 2.17. The molecule has 0 unspecified atom stereocenters. The largest absolute Gasteiger partial charge is 0.325 e. The van der Waals surface area contributed by atoms with Crippen molar-refractivity contribution in [1.82, 2.24) is 9.55 Å². The van der Waals surface area contributed by atoms with Gasteiger partial charge in [-0.05, 0) is 37.0 Å². The maximum Gasteiger partial charge on any atom is 0.272 e. The van der Waals surface area contributed by atoms with E-state index in [2.05, 4.69) is 12.2 Å². The smallest absolute Gasteiger partial charge is 0.272 e. The molecule has 0 saturated carbocycles. The van der Waals surface area contributed by atoms with Crippen molar-refractivity contribution < 1.29 is 4.79 Å². The Morgan fingerprint density at radius 2 is 1.91 bits per heavy atom. The first-order valence-electron chi connectivity index (χ1n) is 10.6. The van der Waals surface area contributed by atoms with Crippen LogP contribution in [0.1, 0.15) is 25.0 Å². The predicted molar refractivity (Wildman–Crippen MR) is 135 cm³/mol. The van der Waals surface area contributed by atoms with Crippen molar-refractivity contribution in [2.45, 2.75) is 38.9 Å². The number of aromatic nitrogens is 2. The molecule has 0 fully saturated rings. The molecule has 2 aromatic carbocycles. The summed E-state index contributed by atoms with van der Waals surface area (Å²) in [5.41, 5.74) is 5.65. The highest BCUT2D eigenvalue weighted by Crippen LogP contribution is 2.32. The minimum absolute atomic E-state index is 0.0558. The molecule has 1 N–H and O–H groups in total. The molecule has 164 valence electrons. The summed E-state index contributed by atoms with van der Waals surface area (Å²) in [4.78, 5) is 30.7. The lowest BCUT2D eigenvalue weighted by Crippen LogP contribution is -2.23. The van der Waals surface area contributed by atoms with Crippen molar-refractivity contribution in [3.05, 3.63) is 75.4 Å². The molecule has 0 spiro atoms. The molecular formula is C25H25N3O2S2. The van der Waals surface area contributed by atoms with E-state index in [0.717, 1.165) is 34.4 Å². The molecule has 1 amide bonds. The molecule has 4 aromatic rings. The van der Waals surface area contributed by atoms with Crippen LogP contribution >= 0.6 is 23.1 Å². The zero-order chi connectivity index (χ0) is 22.7. The van der Waals surface area contributed by atoms with Crippen LogP contribution in [0, 0.1) is 6.92 Å². The van der Waals surface area contributed by atoms with Crippen LogP contribution in [0.3, 0.4) is 0 Å². The number of para-hydroxylation sites is 1. The van der Waals surface area contributed by atoms with E-state index >= 15 is 0 Å². The number of thiophene rings is 1. The number of hydrogen-bond acceptors (Lipinski definition) is 5. The number of benzene rings is 2. The standard InChI is InChI=1S/C25H25N3O2S2/c1-4-17-13-9-10-16(3)21(17)26-20(29)15-32-25-27-22-19(18-11-7-6-8-12-18)14-31-23(22)24(30)28(25)5-2/h6-14H,4-5,15H2,1-3H3,(H,26,29). The second-order valence-corrected chi connectivity index (χ2v) is 9.26. The number of aryl methyl sites for hydroxylation is 2. The Hall–Kier alpha value is -2.90. The fraction of sp³-hybridized carbons (Fsp3) is 0.240. The van der Waals surface area contributed by atoms with Crippen molar-refractivity contribution in [2.24, 2.45) is 0 Å². The van der Waals surface area contributed by atoms with E-state index in [9.17, 15) is 9.59 Å². The number of carbonyl (C=O) groups excluding carboxylic acids is 1. The molecule has 2 heterocycles. The summed E-state index contributed by atoms with van der Waals surface area (Å²) in [7, 11) is 0. The molecule has 5 nitrogen and oxygen atoms in total. The third kappa shape index (κ3) is 4.36. The van der Waals surface area contributed by atoms with Gasteiger partial charge in [0.2, 0.25) is 5.91 Å². The van der Waals surface area contributed by atoms with Crippen LogP contribution in [0.15, 0.2) is 63.9 Å². The molecule has 32 heavy (non-hydrogen) atoms. The predicted octanol–water partition coefficient (Wildman–Crippen LogP) is 5.75. The van der Waals surface area contributed by atoms with Crippen LogP contribution in [0.4, 0.5) is 5.69 Å². The number of carbonyl (C=O) groups is 1. The number of hydrogen-bond donors (Lipinski definition) is 1. The fourth-order valence-corrected chi connectivity index (χ4v) is 5.52. The molecule has 2 aromatic heterocycles. The van der Waals surface area contributed by atoms with Crippen LogP contribution in [0.25, 0.3) is 21.3 Å². The lowest BCUT2D eigenvalue weighted by molar-refractivity contribution is -0.113. The first kappa shape index (κ1) is 22.3. The van der Waals surface area contributed by atoms with Crippen LogP contribution in [0.2, 0.25) is 0 Å². The van der Waals surface area contributed by atoms with Gasteiger partial charge in [-0.25, -0.2) is 4.98 Å². The topological polar surface area (TPSA) is 64.0 Å². The highest BCUT2D eigenvalue weighted by atomic mass is 32.2. The monoisotopic (exact) mass is 463 g/mol. The fourth-order valence-electron chi connectivity index (χ4n) is 3.70. The lowest BCUT2D eigenvalue weighted by atomic mass is 10.1. The van der Waals surface area contributed by atoms with Crippen LogP contribution in [-0.2, 0) is 17.8 Å². The van der Waals surface area contributed by atoms with E-state index in [-0.39, 0.29) is 17.2 Å². The highest BCUT2D eigenvalue weighted by molar-refractivity contribution is 7.99. The van der Waals surface area contributed by atoms with Gasteiger partial charge in [-0.15, -0.1) is 11.3 Å². The van der Waals surface area contributed by atoms with E-state index in [1.54, 1.807) is 4.57 Å². The Balaban J connectivity index is 1.63. The number of anilines is 1. The van der Waals surface area contributed by atoms with E-state index in [1.807, 2.05) is 67.8 Å². The van der Waals surface area contributed by atoms with Crippen LogP contribution in [-0.4, -0.2) is 21.2 Å². The number of nitrogens with zero attached hydrogens (tertiary/aromatic N) is 2. The average molecular weight is 464 g/mol. The summed E-state index contributed by atoms with van der Waals surface area (Å²) >= 11 is 2.72. The molecule has 7 heteroatoms. The normalized spacial score (nSPS) is 11.1. The maximum absolute atomic E-state index is 13.1. The summed E-state index contributed by atoms with van der Waals surface area (Å²) in [5.74, 6) is 0.0739. The number of thioether (sulfide) groups is 1. The Bertz CT molecular complexity index is 1330. The van der Waals surface area contributed by atoms with Gasteiger partial charge < -0.3 is 5.32 Å². The van der Waals surface area contributed by atoms with Gasteiger partial charge in [0.05, 0.1) is 11.3 Å². The molecule has 4 rings (SSSR count). The third-order valence-electron chi connectivity index (χ3n) is 5.38. The lowest BCUT2D eigenvalue weighted by Gasteiger charge is -2.14. The molecule has 0 radical (unpaired) electrons. The SMILES string of the molecule is CCc1cccc(C)c1NC(=O)CSc1nc2c(-c3ccccc3)csc2c(=O)n1CC. The zero-order valence-electron chi connectivity index (χ0n) is 18.3. The van der Waals surface area contributed by atoms with Crippen molar-refractivity contribution in [1.29, 1.82) is 0 Å². The van der Waals surface area contributed by atoms with Crippen molar-refractivity contribution in [2.75, 3.05) is 11.1 Å². The number of fused-ring (bicyclic) bond motifs is 1.